The van der Waals surface area contributed by atoms with Gasteiger partial charge in [-0.3, -0.25) is 14.4 Å². The Hall–Kier alpha value is -4.75. The molecule has 0 saturated carbocycles. The summed E-state index contributed by atoms with van der Waals surface area (Å²) in [6, 6.07) is 20.8. The number of fused-ring (bicyclic) bond motifs is 5. The fraction of sp³-hybridized carbons (Fsp3) is 0.171. The molecule has 0 amide bonds. The van der Waals surface area contributed by atoms with Crippen LogP contribution in [-0.4, -0.2) is 43.7 Å². The number of carbonyl (C=O) groups is 3. The van der Waals surface area contributed by atoms with Gasteiger partial charge in [-0.2, -0.15) is 0 Å². The molecule has 7 rings (SSSR count). The predicted octanol–water partition coefficient (Wildman–Crippen LogP) is 6.81. The van der Waals surface area contributed by atoms with Crippen LogP contribution in [0, 0.1) is 11.2 Å². The van der Waals surface area contributed by atoms with Crippen molar-refractivity contribution in [1.82, 2.24) is 0 Å². The quantitative estimate of drug-likeness (QED) is 0.187. The fourth-order valence-electron chi connectivity index (χ4n) is 7.16. The van der Waals surface area contributed by atoms with Crippen molar-refractivity contribution in [2.24, 2.45) is 5.41 Å². The lowest BCUT2D eigenvalue weighted by atomic mass is 9.64. The van der Waals surface area contributed by atoms with E-state index >= 15 is 0 Å². The minimum atomic E-state index is -1.74. The number of halogens is 2. The Morgan fingerprint density at radius 3 is 2.23 bits per heavy atom. The monoisotopic (exact) mass is 593 g/mol. The van der Waals surface area contributed by atoms with Crippen molar-refractivity contribution >= 4 is 40.7 Å². The number of carbonyl (C=O) groups excluding carboxylic acids is 3. The van der Waals surface area contributed by atoms with Crippen LogP contribution in [0.4, 0.5) is 10.1 Å². The van der Waals surface area contributed by atoms with Crippen LogP contribution in [-0.2, 0) is 0 Å². The van der Waals surface area contributed by atoms with E-state index in [1.165, 1.54) is 26.4 Å². The zero-order chi connectivity index (χ0) is 30.0. The lowest BCUT2D eigenvalue weighted by Crippen LogP contribution is -2.48. The van der Waals surface area contributed by atoms with Crippen LogP contribution in [0.1, 0.15) is 48.1 Å². The van der Waals surface area contributed by atoms with Crippen molar-refractivity contribution in [3.63, 3.8) is 0 Å². The van der Waals surface area contributed by atoms with Crippen LogP contribution in [0.2, 0.25) is 5.02 Å². The van der Waals surface area contributed by atoms with E-state index in [2.05, 4.69) is 0 Å². The largest absolute Gasteiger partial charge is 0.497 e. The van der Waals surface area contributed by atoms with Crippen LogP contribution in [0.15, 0.2) is 91.0 Å². The normalized spacial score (nSPS) is 21.0. The van der Waals surface area contributed by atoms with E-state index in [-0.39, 0.29) is 17.3 Å². The topological polar surface area (TPSA) is 72.9 Å². The van der Waals surface area contributed by atoms with E-state index in [0.29, 0.717) is 50.0 Å². The third-order valence-corrected chi connectivity index (χ3v) is 9.19. The summed E-state index contributed by atoms with van der Waals surface area (Å²) in [6.07, 6.45) is 3.47. The second-order valence-corrected chi connectivity index (χ2v) is 11.3. The molecule has 3 aliphatic rings. The summed E-state index contributed by atoms with van der Waals surface area (Å²) < 4.78 is 25.8. The molecule has 4 aromatic rings. The summed E-state index contributed by atoms with van der Waals surface area (Å²) in [7, 11) is 3.02. The standard InChI is InChI=1S/C35H25ClFNO5/c1-42-23-13-15-28(43-2)26(18-23)30-31(32(39)19-7-10-21(36)11-8-19)38-27-14-12-22(37)17-20(27)9-16-29(38)35(30)33(40)24-5-3-4-6-25(24)34(35)41/h3-18,29-31H,1-2H3/t29-,30+,31-/m0/s1. The van der Waals surface area contributed by atoms with Gasteiger partial charge in [0.15, 0.2) is 17.3 Å². The molecule has 214 valence electrons. The summed E-state index contributed by atoms with van der Waals surface area (Å²) in [5.74, 6) is -1.66. The number of anilines is 1. The smallest absolute Gasteiger partial charge is 0.185 e. The number of ketones is 3. The maximum atomic E-state index is 14.8. The molecular weight excluding hydrogens is 569 g/mol. The number of ether oxygens (including phenoxy) is 2. The number of Topliss-reactive ketones (excluding diaryl/α,β-unsaturated/α-hetero) is 3. The molecule has 3 atom stereocenters. The number of methoxy groups -OCH3 is 2. The third-order valence-electron chi connectivity index (χ3n) is 8.94. The summed E-state index contributed by atoms with van der Waals surface area (Å²) in [5, 5.41) is 0.460. The fourth-order valence-corrected chi connectivity index (χ4v) is 7.28. The average Bonchev–Trinajstić information content (AvgIpc) is 3.46. The number of rotatable bonds is 5. The SMILES string of the molecule is COc1ccc(OC)c([C@@H]2[C@@H](C(=O)c3ccc(Cl)cc3)N3c4ccc(F)cc4C=C[C@H]3C23C(=O)c2ccccc2C3=O)c1. The van der Waals surface area contributed by atoms with Gasteiger partial charge in [-0.25, -0.2) is 4.39 Å². The van der Waals surface area contributed by atoms with E-state index in [1.54, 1.807) is 84.9 Å². The summed E-state index contributed by atoms with van der Waals surface area (Å²) in [4.78, 5) is 46.2. The first-order valence-corrected chi connectivity index (χ1v) is 14.2. The van der Waals surface area contributed by atoms with Crippen molar-refractivity contribution in [3.8, 4) is 11.5 Å². The Morgan fingerprint density at radius 2 is 1.58 bits per heavy atom. The first-order valence-electron chi connectivity index (χ1n) is 13.8. The Kier molecular flexibility index (Phi) is 6.25. The average molecular weight is 594 g/mol. The first-order chi connectivity index (χ1) is 20.8. The minimum Gasteiger partial charge on any atom is -0.497 e. The van der Waals surface area contributed by atoms with E-state index in [1.807, 2.05) is 4.90 Å². The van der Waals surface area contributed by atoms with Crippen molar-refractivity contribution in [2.45, 2.75) is 18.0 Å². The van der Waals surface area contributed by atoms with Crippen molar-refractivity contribution in [3.05, 3.63) is 130 Å². The first kappa shape index (κ1) is 27.1. The molecule has 2 heterocycles. The van der Waals surface area contributed by atoms with Gasteiger partial charge in [-0.05, 0) is 60.7 Å². The van der Waals surface area contributed by atoms with Gasteiger partial charge < -0.3 is 14.4 Å². The van der Waals surface area contributed by atoms with Crippen molar-refractivity contribution < 1.29 is 28.2 Å². The highest BCUT2D eigenvalue weighted by Gasteiger charge is 2.72. The van der Waals surface area contributed by atoms with Gasteiger partial charge in [0, 0.05) is 44.4 Å². The van der Waals surface area contributed by atoms with E-state index in [0.717, 1.165) is 0 Å². The number of hydrogen-bond acceptors (Lipinski definition) is 6. The maximum absolute atomic E-state index is 14.8. The highest BCUT2D eigenvalue weighted by Crippen LogP contribution is 2.62. The second-order valence-electron chi connectivity index (χ2n) is 10.9. The molecule has 0 bridgehead atoms. The van der Waals surface area contributed by atoms with Crippen molar-refractivity contribution in [1.29, 1.82) is 0 Å². The molecule has 0 aromatic heterocycles. The van der Waals surface area contributed by atoms with E-state index in [4.69, 9.17) is 21.1 Å². The van der Waals surface area contributed by atoms with Gasteiger partial charge in [0.1, 0.15) is 28.8 Å². The Balaban J connectivity index is 1.58. The second kappa shape index (κ2) is 9.92. The molecule has 1 aliphatic carbocycles. The van der Waals surface area contributed by atoms with Gasteiger partial charge in [-0.15, -0.1) is 0 Å². The molecule has 0 unspecified atom stereocenters. The Bertz CT molecular complexity index is 1830. The highest BCUT2D eigenvalue weighted by atomic mass is 35.5. The minimum absolute atomic E-state index is 0.303. The van der Waals surface area contributed by atoms with Crippen LogP contribution < -0.4 is 14.4 Å². The molecule has 0 radical (unpaired) electrons. The highest BCUT2D eigenvalue weighted by molar-refractivity contribution is 6.32. The molecule has 4 aromatic carbocycles. The van der Waals surface area contributed by atoms with E-state index in [9.17, 15) is 18.8 Å². The van der Waals surface area contributed by atoms with Gasteiger partial charge in [0.05, 0.1) is 20.3 Å². The number of hydrogen-bond donors (Lipinski definition) is 0. The van der Waals surface area contributed by atoms with Gasteiger partial charge in [0.25, 0.3) is 0 Å². The number of nitrogens with zero attached hydrogens (tertiary/aromatic N) is 1. The summed E-state index contributed by atoms with van der Waals surface area (Å²) in [5.41, 5.74) is 0.782. The lowest BCUT2D eigenvalue weighted by molar-refractivity contribution is 0.0664. The molecule has 0 N–H and O–H groups in total. The molecule has 1 spiro atoms. The maximum Gasteiger partial charge on any atom is 0.185 e. The molecule has 6 nitrogen and oxygen atoms in total. The molecule has 8 heteroatoms. The number of benzene rings is 4. The Morgan fingerprint density at radius 1 is 0.884 bits per heavy atom. The third kappa shape index (κ3) is 3.74. The molecule has 43 heavy (non-hydrogen) atoms. The molecule has 2 aliphatic heterocycles. The lowest BCUT2D eigenvalue weighted by Gasteiger charge is -2.37. The predicted molar refractivity (Wildman–Crippen MR) is 161 cm³/mol. The van der Waals surface area contributed by atoms with Crippen LogP contribution in [0.3, 0.4) is 0 Å². The van der Waals surface area contributed by atoms with Crippen LogP contribution >= 0.6 is 11.6 Å². The van der Waals surface area contributed by atoms with Crippen LogP contribution in [0.25, 0.3) is 6.08 Å². The molecule has 1 fully saturated rings. The van der Waals surface area contributed by atoms with Gasteiger partial charge in [-0.1, -0.05) is 48.0 Å². The molecular formula is C35H25ClFNO5. The van der Waals surface area contributed by atoms with Crippen LogP contribution in [0.5, 0.6) is 11.5 Å². The zero-order valence-corrected chi connectivity index (χ0v) is 24.0. The summed E-state index contributed by atoms with van der Waals surface area (Å²) >= 11 is 6.17. The van der Waals surface area contributed by atoms with E-state index < -0.39 is 29.2 Å². The summed E-state index contributed by atoms with van der Waals surface area (Å²) in [6.45, 7) is 0. The Labute approximate surface area is 252 Å². The van der Waals surface area contributed by atoms with Gasteiger partial charge in [0.2, 0.25) is 0 Å². The van der Waals surface area contributed by atoms with Gasteiger partial charge >= 0.3 is 0 Å². The zero-order valence-electron chi connectivity index (χ0n) is 23.2. The molecule has 1 saturated heterocycles. The van der Waals surface area contributed by atoms with Crippen molar-refractivity contribution in [2.75, 3.05) is 19.1 Å².